The molecule has 0 bridgehead atoms. The van der Waals surface area contributed by atoms with Crippen LogP contribution >= 0.6 is 0 Å². The molecule has 2 aliphatic heterocycles. The summed E-state index contributed by atoms with van der Waals surface area (Å²) < 4.78 is 53.6. The number of pyridine rings is 1. The molecular formula is C26H24F4N4O. The normalized spacial score (nSPS) is 19.7. The number of nitrogens with zero attached hydrogens (tertiary/aromatic N) is 3. The van der Waals surface area contributed by atoms with Crippen LogP contribution < -0.4 is 15.1 Å². The summed E-state index contributed by atoms with van der Waals surface area (Å²) in [5.74, 6) is -1.11. The Morgan fingerprint density at radius 1 is 1.06 bits per heavy atom. The lowest BCUT2D eigenvalue weighted by molar-refractivity contribution is -0.137. The minimum atomic E-state index is -4.45. The highest BCUT2D eigenvalue weighted by atomic mass is 19.4. The molecule has 3 heterocycles. The van der Waals surface area contributed by atoms with Gasteiger partial charge in [-0.15, -0.1) is 0 Å². The van der Waals surface area contributed by atoms with Crippen LogP contribution in [0.25, 0.3) is 0 Å². The maximum Gasteiger partial charge on any atom is 0.416 e. The number of carbonyl (C=O) groups is 1. The van der Waals surface area contributed by atoms with Crippen molar-refractivity contribution in [1.29, 1.82) is 0 Å². The van der Waals surface area contributed by atoms with Crippen molar-refractivity contribution >= 4 is 17.3 Å². The van der Waals surface area contributed by atoms with Crippen LogP contribution in [0.4, 0.5) is 28.9 Å². The van der Waals surface area contributed by atoms with Crippen molar-refractivity contribution < 1.29 is 22.4 Å². The monoisotopic (exact) mass is 484 g/mol. The van der Waals surface area contributed by atoms with Crippen molar-refractivity contribution in [2.45, 2.75) is 25.2 Å². The summed E-state index contributed by atoms with van der Waals surface area (Å²) in [5, 5.41) is 2.92. The van der Waals surface area contributed by atoms with Gasteiger partial charge >= 0.3 is 6.18 Å². The summed E-state index contributed by atoms with van der Waals surface area (Å²) in [6.07, 6.45) is -2.62. The fourth-order valence-corrected chi connectivity index (χ4v) is 5.00. The van der Waals surface area contributed by atoms with Gasteiger partial charge in [-0.25, -0.2) is 4.39 Å². The third-order valence-corrected chi connectivity index (χ3v) is 6.74. The van der Waals surface area contributed by atoms with Crippen LogP contribution in [0.1, 0.15) is 16.8 Å². The van der Waals surface area contributed by atoms with Crippen molar-refractivity contribution in [2.24, 2.45) is 5.92 Å². The van der Waals surface area contributed by atoms with Gasteiger partial charge in [0.1, 0.15) is 5.82 Å². The first-order valence-electron chi connectivity index (χ1n) is 11.4. The molecule has 9 heteroatoms. The first kappa shape index (κ1) is 23.1. The van der Waals surface area contributed by atoms with E-state index in [0.717, 1.165) is 23.5 Å². The van der Waals surface area contributed by atoms with Gasteiger partial charge < -0.3 is 15.1 Å². The molecule has 0 unspecified atom stereocenters. The number of nitrogens with one attached hydrogen (secondary N) is 1. The Labute approximate surface area is 200 Å². The van der Waals surface area contributed by atoms with E-state index in [1.54, 1.807) is 30.5 Å². The Morgan fingerprint density at radius 3 is 2.57 bits per heavy atom. The number of halogens is 4. The standard InChI is InChI=1S/C26H24F4N4O/c27-19-5-7-21(8-6-19)33-11-12-34-23-9-4-18(26(28,29)30)13-17(23)14-22(24(34)16-33)25(35)32-15-20-3-1-2-10-31-20/h1-10,13,22,24H,11-12,14-16H2,(H,32,35)/t22-,24-/m1/s1. The molecule has 2 atom stereocenters. The molecule has 5 rings (SSSR count). The molecule has 1 saturated heterocycles. The van der Waals surface area contributed by atoms with Gasteiger partial charge in [-0.1, -0.05) is 6.07 Å². The molecule has 1 fully saturated rings. The van der Waals surface area contributed by atoms with E-state index in [4.69, 9.17) is 0 Å². The van der Waals surface area contributed by atoms with Crippen LogP contribution in [-0.2, 0) is 23.9 Å². The number of carbonyl (C=O) groups excluding carboxylic acids is 1. The van der Waals surface area contributed by atoms with Crippen molar-refractivity contribution in [3.8, 4) is 0 Å². The summed E-state index contributed by atoms with van der Waals surface area (Å²) in [6.45, 7) is 1.86. The summed E-state index contributed by atoms with van der Waals surface area (Å²) in [4.78, 5) is 21.7. The van der Waals surface area contributed by atoms with Crippen molar-refractivity contribution in [3.05, 3.63) is 89.5 Å². The maximum absolute atomic E-state index is 13.4. The first-order valence-corrected chi connectivity index (χ1v) is 11.4. The van der Waals surface area contributed by atoms with E-state index in [9.17, 15) is 22.4 Å². The molecule has 0 spiro atoms. The highest BCUT2D eigenvalue weighted by Crippen LogP contribution is 2.40. The van der Waals surface area contributed by atoms with Gasteiger partial charge in [-0.2, -0.15) is 13.2 Å². The van der Waals surface area contributed by atoms with E-state index in [1.807, 2.05) is 11.0 Å². The number of alkyl halides is 3. The fourth-order valence-electron chi connectivity index (χ4n) is 5.00. The predicted octanol–water partition coefficient (Wildman–Crippen LogP) is 4.42. The molecule has 1 aromatic heterocycles. The van der Waals surface area contributed by atoms with E-state index in [-0.39, 0.29) is 30.7 Å². The average molecular weight is 484 g/mol. The molecule has 35 heavy (non-hydrogen) atoms. The van der Waals surface area contributed by atoms with Gasteiger partial charge in [0.2, 0.25) is 5.91 Å². The van der Waals surface area contributed by atoms with Crippen LogP contribution in [0.15, 0.2) is 66.9 Å². The summed E-state index contributed by atoms with van der Waals surface area (Å²) in [5.41, 5.74) is 2.08. The molecule has 1 N–H and O–H groups in total. The Bertz CT molecular complexity index is 1200. The minimum Gasteiger partial charge on any atom is -0.368 e. The number of hydrogen-bond acceptors (Lipinski definition) is 4. The van der Waals surface area contributed by atoms with E-state index in [2.05, 4.69) is 15.2 Å². The zero-order chi connectivity index (χ0) is 24.6. The van der Waals surface area contributed by atoms with Gasteiger partial charge in [0, 0.05) is 37.2 Å². The molecule has 3 aromatic rings. The van der Waals surface area contributed by atoms with E-state index >= 15 is 0 Å². The number of rotatable bonds is 4. The quantitative estimate of drug-likeness (QED) is 0.557. The largest absolute Gasteiger partial charge is 0.416 e. The van der Waals surface area contributed by atoms with Crippen LogP contribution in [0, 0.1) is 11.7 Å². The number of piperazine rings is 1. The maximum atomic E-state index is 13.4. The molecule has 2 aromatic carbocycles. The number of amides is 1. The first-order chi connectivity index (χ1) is 16.8. The van der Waals surface area contributed by atoms with Gasteiger partial charge in [0.05, 0.1) is 29.8 Å². The second-order valence-electron chi connectivity index (χ2n) is 8.87. The zero-order valence-corrected chi connectivity index (χ0v) is 18.8. The van der Waals surface area contributed by atoms with E-state index in [1.165, 1.54) is 18.2 Å². The van der Waals surface area contributed by atoms with Crippen LogP contribution in [0.5, 0.6) is 0 Å². The fraction of sp³-hybridized carbons (Fsp3) is 0.308. The lowest BCUT2D eigenvalue weighted by Crippen LogP contribution is -2.61. The van der Waals surface area contributed by atoms with Crippen molar-refractivity contribution in [1.82, 2.24) is 10.3 Å². The Morgan fingerprint density at radius 2 is 1.86 bits per heavy atom. The molecule has 182 valence electrons. The summed E-state index contributed by atoms with van der Waals surface area (Å²) in [6, 6.07) is 15.1. The highest BCUT2D eigenvalue weighted by molar-refractivity contribution is 5.82. The highest BCUT2D eigenvalue weighted by Gasteiger charge is 2.42. The minimum absolute atomic E-state index is 0.200. The van der Waals surface area contributed by atoms with Gasteiger partial charge in [0.25, 0.3) is 0 Å². The lowest BCUT2D eigenvalue weighted by Gasteiger charge is -2.49. The molecule has 5 nitrogen and oxygen atoms in total. The van der Waals surface area contributed by atoms with Crippen molar-refractivity contribution in [2.75, 3.05) is 29.4 Å². The number of aromatic nitrogens is 1. The van der Waals surface area contributed by atoms with Gasteiger partial charge in [-0.05, 0) is 66.6 Å². The van der Waals surface area contributed by atoms with E-state index < -0.39 is 17.7 Å². The predicted molar refractivity (Wildman–Crippen MR) is 124 cm³/mol. The van der Waals surface area contributed by atoms with Crippen LogP contribution in [-0.4, -0.2) is 36.6 Å². The molecule has 0 aliphatic carbocycles. The Balaban J connectivity index is 1.44. The second-order valence-corrected chi connectivity index (χ2v) is 8.87. The van der Waals surface area contributed by atoms with Crippen LogP contribution in [0.3, 0.4) is 0 Å². The lowest BCUT2D eigenvalue weighted by atomic mass is 9.82. The second kappa shape index (κ2) is 9.20. The van der Waals surface area contributed by atoms with Gasteiger partial charge in [-0.3, -0.25) is 9.78 Å². The number of benzene rings is 2. The van der Waals surface area contributed by atoms with Crippen molar-refractivity contribution in [3.63, 3.8) is 0 Å². The molecule has 0 radical (unpaired) electrons. The SMILES string of the molecule is O=C(NCc1ccccn1)[C@@H]1Cc2cc(C(F)(F)F)ccc2N2CCN(c3ccc(F)cc3)C[C@H]12. The molecule has 1 amide bonds. The third-order valence-electron chi connectivity index (χ3n) is 6.74. The van der Waals surface area contributed by atoms with Crippen LogP contribution in [0.2, 0.25) is 0 Å². The molecular weight excluding hydrogens is 460 g/mol. The average Bonchev–Trinajstić information content (AvgIpc) is 2.86. The third kappa shape index (κ3) is 4.80. The number of anilines is 2. The van der Waals surface area contributed by atoms with Gasteiger partial charge in [0.15, 0.2) is 0 Å². The number of fused-ring (bicyclic) bond motifs is 3. The zero-order valence-electron chi connectivity index (χ0n) is 18.8. The summed E-state index contributed by atoms with van der Waals surface area (Å²) in [7, 11) is 0. The summed E-state index contributed by atoms with van der Waals surface area (Å²) >= 11 is 0. The molecule has 0 saturated carbocycles. The number of hydrogen-bond donors (Lipinski definition) is 1. The Kier molecular flexibility index (Phi) is 6.08. The smallest absolute Gasteiger partial charge is 0.368 e. The topological polar surface area (TPSA) is 48.5 Å². The molecule has 2 aliphatic rings. The van der Waals surface area contributed by atoms with E-state index in [0.29, 0.717) is 30.9 Å². The Hall–Kier alpha value is -3.62.